The highest BCUT2D eigenvalue weighted by molar-refractivity contribution is 5.84. The summed E-state index contributed by atoms with van der Waals surface area (Å²) < 4.78 is 23.6. The summed E-state index contributed by atoms with van der Waals surface area (Å²) >= 11 is 0. The lowest BCUT2D eigenvalue weighted by atomic mass is 10.1. The third kappa shape index (κ3) is 3.41. The molecule has 1 amide bonds. The van der Waals surface area contributed by atoms with Gasteiger partial charge in [-0.1, -0.05) is 0 Å². The molecule has 0 aliphatic carbocycles. The summed E-state index contributed by atoms with van der Waals surface area (Å²) in [5, 5.41) is 7.73. The van der Waals surface area contributed by atoms with E-state index >= 15 is 0 Å². The van der Waals surface area contributed by atoms with Crippen LogP contribution in [0, 0.1) is 5.82 Å². The van der Waals surface area contributed by atoms with E-state index in [1.807, 2.05) is 4.90 Å². The lowest BCUT2D eigenvalue weighted by Gasteiger charge is -2.31. The first-order valence-corrected chi connectivity index (χ1v) is 9.97. The summed E-state index contributed by atoms with van der Waals surface area (Å²) in [4.78, 5) is 26.2. The smallest absolute Gasteiger partial charge is 0.244 e. The second kappa shape index (κ2) is 7.49. The van der Waals surface area contributed by atoms with E-state index < -0.39 is 5.82 Å². The molecule has 4 aromatic rings. The van der Waals surface area contributed by atoms with Crippen molar-refractivity contribution in [3.05, 3.63) is 36.8 Å². The van der Waals surface area contributed by atoms with E-state index in [9.17, 15) is 9.18 Å². The van der Waals surface area contributed by atoms with Gasteiger partial charge in [-0.05, 0) is 12.8 Å². The van der Waals surface area contributed by atoms with E-state index in [-0.39, 0.29) is 17.8 Å². The maximum absolute atomic E-state index is 15.0. The van der Waals surface area contributed by atoms with E-state index in [2.05, 4.69) is 25.4 Å². The molecule has 0 atom stereocenters. The number of nitrogens with one attached hydrogen (secondary N) is 1. The molecule has 11 heteroatoms. The number of aromatic nitrogens is 6. The number of fused-ring (bicyclic) bond motifs is 2. The first-order chi connectivity index (χ1) is 15.0. The number of rotatable bonds is 4. The Hall–Kier alpha value is -3.76. The minimum atomic E-state index is -0.458. The number of hydrogen-bond acceptors (Lipinski definition) is 7. The average molecular weight is 424 g/mol. The molecule has 4 aromatic heterocycles. The largest absolute Gasteiger partial charge is 0.479 e. The van der Waals surface area contributed by atoms with Crippen LogP contribution in [0.1, 0.15) is 19.8 Å². The second-order valence-electron chi connectivity index (χ2n) is 7.49. The average Bonchev–Trinajstić information content (AvgIpc) is 3.36. The molecule has 0 unspecified atom stereocenters. The van der Waals surface area contributed by atoms with Crippen LogP contribution in [0.15, 0.2) is 31.0 Å². The molecule has 10 nitrogen and oxygen atoms in total. The Labute approximate surface area is 176 Å². The molecule has 0 aromatic carbocycles. The lowest BCUT2D eigenvalue weighted by molar-refractivity contribution is -0.129. The van der Waals surface area contributed by atoms with Gasteiger partial charge >= 0.3 is 0 Å². The molecule has 1 fully saturated rings. The molecule has 0 saturated carbocycles. The number of likely N-dealkylation sites (tertiary alicyclic amines) is 1. The summed E-state index contributed by atoms with van der Waals surface area (Å²) in [6, 6.07) is 0.116. The van der Waals surface area contributed by atoms with Crippen molar-refractivity contribution in [2.75, 3.05) is 25.5 Å². The van der Waals surface area contributed by atoms with Crippen molar-refractivity contribution in [1.82, 2.24) is 33.9 Å². The molecular formula is C20H21FN8O2. The summed E-state index contributed by atoms with van der Waals surface area (Å²) in [5.74, 6) is 0.745. The van der Waals surface area contributed by atoms with Gasteiger partial charge in [0.25, 0.3) is 0 Å². The molecule has 5 rings (SSSR count). The normalized spacial score (nSPS) is 15.0. The number of anilines is 1. The fourth-order valence-corrected chi connectivity index (χ4v) is 3.97. The van der Waals surface area contributed by atoms with E-state index in [4.69, 9.17) is 4.74 Å². The Morgan fingerprint density at radius 3 is 2.81 bits per heavy atom. The summed E-state index contributed by atoms with van der Waals surface area (Å²) in [5.41, 5.74) is 1.28. The highest BCUT2D eigenvalue weighted by Gasteiger charge is 2.24. The molecule has 5 heterocycles. The fourth-order valence-electron chi connectivity index (χ4n) is 3.97. The minimum Gasteiger partial charge on any atom is -0.479 e. The second-order valence-corrected chi connectivity index (χ2v) is 7.49. The van der Waals surface area contributed by atoms with E-state index in [1.165, 1.54) is 17.8 Å². The zero-order valence-electron chi connectivity index (χ0n) is 17.1. The number of hydrogen-bond donors (Lipinski definition) is 1. The van der Waals surface area contributed by atoms with Crippen LogP contribution in [0.2, 0.25) is 0 Å². The molecule has 1 saturated heterocycles. The molecule has 1 N–H and O–H groups in total. The van der Waals surface area contributed by atoms with Crippen LogP contribution >= 0.6 is 0 Å². The van der Waals surface area contributed by atoms with Gasteiger partial charge in [-0.25, -0.2) is 18.9 Å². The van der Waals surface area contributed by atoms with Crippen LogP contribution in [0.4, 0.5) is 10.3 Å². The Balaban J connectivity index is 1.49. The van der Waals surface area contributed by atoms with Gasteiger partial charge in [0.15, 0.2) is 5.82 Å². The molecule has 0 bridgehead atoms. The molecular weight excluding hydrogens is 403 g/mol. The van der Waals surface area contributed by atoms with Crippen LogP contribution < -0.4 is 10.1 Å². The minimum absolute atomic E-state index is 0.0801. The standard InChI is InChI=1S/C20H21FN8O2/c1-12(30)27-6-3-14(4-7-27)24-19-25-18(31-2)17-16(15(21)11-29(17)26-19)13-9-23-20-22-5-8-28(20)10-13/h5,8-11,14H,3-4,6-7H2,1-2H3,(H,24,26). The van der Waals surface area contributed by atoms with Crippen molar-refractivity contribution in [2.45, 2.75) is 25.8 Å². The van der Waals surface area contributed by atoms with E-state index in [1.54, 1.807) is 36.1 Å². The predicted octanol–water partition coefficient (Wildman–Crippen LogP) is 2.01. The molecule has 1 aliphatic heterocycles. The third-order valence-electron chi connectivity index (χ3n) is 5.55. The highest BCUT2D eigenvalue weighted by Crippen LogP contribution is 2.34. The van der Waals surface area contributed by atoms with Crippen molar-refractivity contribution in [3.63, 3.8) is 0 Å². The number of piperidine rings is 1. The monoisotopic (exact) mass is 424 g/mol. The lowest BCUT2D eigenvalue weighted by Crippen LogP contribution is -2.41. The van der Waals surface area contributed by atoms with E-state index in [0.717, 1.165) is 12.8 Å². The van der Waals surface area contributed by atoms with Gasteiger partial charge < -0.3 is 15.0 Å². The highest BCUT2D eigenvalue weighted by atomic mass is 19.1. The number of nitrogens with zero attached hydrogens (tertiary/aromatic N) is 7. The number of halogens is 1. The van der Waals surface area contributed by atoms with Gasteiger partial charge in [0.2, 0.25) is 23.5 Å². The van der Waals surface area contributed by atoms with Crippen molar-refractivity contribution in [2.24, 2.45) is 0 Å². The Morgan fingerprint density at radius 1 is 1.26 bits per heavy atom. The topological polar surface area (TPSA) is 102 Å². The van der Waals surface area contributed by atoms with Gasteiger partial charge in [0.1, 0.15) is 5.52 Å². The van der Waals surface area contributed by atoms with Crippen LogP contribution in [0.25, 0.3) is 22.4 Å². The number of methoxy groups -OCH3 is 1. The van der Waals surface area contributed by atoms with Crippen molar-refractivity contribution >= 4 is 23.1 Å². The summed E-state index contributed by atoms with van der Waals surface area (Å²) in [6.45, 7) is 2.94. The maximum Gasteiger partial charge on any atom is 0.244 e. The quantitative estimate of drug-likeness (QED) is 0.535. The van der Waals surface area contributed by atoms with Crippen LogP contribution in [0.5, 0.6) is 5.88 Å². The molecule has 1 aliphatic rings. The third-order valence-corrected chi connectivity index (χ3v) is 5.55. The first-order valence-electron chi connectivity index (χ1n) is 9.97. The maximum atomic E-state index is 15.0. The van der Waals surface area contributed by atoms with Crippen LogP contribution in [-0.2, 0) is 4.79 Å². The van der Waals surface area contributed by atoms with Gasteiger partial charge in [0, 0.05) is 56.4 Å². The van der Waals surface area contributed by atoms with E-state index in [0.29, 0.717) is 41.5 Å². The number of ether oxygens (including phenoxy) is 1. The van der Waals surface area contributed by atoms with Crippen LogP contribution in [-0.4, -0.2) is 66.0 Å². The van der Waals surface area contributed by atoms with Crippen molar-refractivity contribution in [3.8, 4) is 17.0 Å². The van der Waals surface area contributed by atoms with Crippen molar-refractivity contribution in [1.29, 1.82) is 0 Å². The molecule has 31 heavy (non-hydrogen) atoms. The van der Waals surface area contributed by atoms with Crippen LogP contribution in [0.3, 0.4) is 0 Å². The van der Waals surface area contributed by atoms with Gasteiger partial charge in [-0.2, -0.15) is 4.98 Å². The predicted molar refractivity (Wildman–Crippen MR) is 110 cm³/mol. The first kappa shape index (κ1) is 19.2. The zero-order chi connectivity index (χ0) is 21.5. The molecule has 0 radical (unpaired) electrons. The molecule has 0 spiro atoms. The van der Waals surface area contributed by atoms with Crippen molar-refractivity contribution < 1.29 is 13.9 Å². The van der Waals surface area contributed by atoms with Gasteiger partial charge in [0.05, 0.1) is 18.9 Å². The Kier molecular flexibility index (Phi) is 4.64. The SMILES string of the molecule is COc1nc(NC2CCN(C(C)=O)CC2)nn2cc(F)c(-c3cnc4nccn4c3)c12. The fraction of sp³-hybridized carbons (Fsp3) is 0.350. The zero-order valence-corrected chi connectivity index (χ0v) is 17.1. The summed E-state index contributed by atoms with van der Waals surface area (Å²) in [6.07, 6.45) is 9.56. The number of carbonyl (C=O) groups excluding carboxylic acids is 1. The number of imidazole rings is 1. The van der Waals surface area contributed by atoms with Gasteiger partial charge in [-0.15, -0.1) is 5.10 Å². The van der Waals surface area contributed by atoms with Gasteiger partial charge in [-0.3, -0.25) is 9.20 Å². The number of amides is 1. The Bertz CT molecular complexity index is 1280. The Morgan fingerprint density at radius 2 is 2.06 bits per heavy atom. The molecule has 160 valence electrons. The number of carbonyl (C=O) groups is 1. The summed E-state index contributed by atoms with van der Waals surface area (Å²) in [7, 11) is 1.49.